The van der Waals surface area contributed by atoms with Crippen molar-refractivity contribution in [3.05, 3.63) is 0 Å². The second kappa shape index (κ2) is 2.47. The molecule has 0 aromatic rings. The van der Waals surface area contributed by atoms with Crippen LogP contribution in [-0.4, -0.2) is 19.9 Å². The minimum atomic E-state index is -2.68. The Bertz CT molecular complexity index is 233. The van der Waals surface area contributed by atoms with Crippen LogP contribution in [0.15, 0.2) is 0 Å². The molecule has 1 rings (SSSR count). The molecule has 0 saturated carbocycles. The first-order valence-electron chi connectivity index (χ1n) is 4.02. The molecule has 0 aromatic carbocycles. The highest BCUT2D eigenvalue weighted by molar-refractivity contribution is 7.91. The van der Waals surface area contributed by atoms with Crippen LogP contribution in [0.1, 0.15) is 27.2 Å². The molecule has 0 spiro atoms. The first-order chi connectivity index (χ1) is 4.81. The van der Waals surface area contributed by atoms with Gasteiger partial charge in [-0.25, -0.2) is 8.42 Å². The third-order valence-electron chi connectivity index (χ3n) is 2.46. The minimum absolute atomic E-state index is 0.156. The highest BCUT2D eigenvalue weighted by Gasteiger charge is 2.35. The van der Waals surface area contributed by atoms with Gasteiger partial charge in [0.05, 0.1) is 11.5 Å². The lowest BCUT2D eigenvalue weighted by atomic mass is 9.81. The van der Waals surface area contributed by atoms with Gasteiger partial charge in [0.25, 0.3) is 0 Å². The standard InChI is InChI=1S/C8H16O2S/c1-8(2,3)7-4-5-11(9,10)6-7/h7H,4-6H2,1-3H3/t7-/m0/s1. The molecule has 1 heterocycles. The Labute approximate surface area is 68.9 Å². The lowest BCUT2D eigenvalue weighted by molar-refractivity contribution is 0.268. The van der Waals surface area contributed by atoms with E-state index in [0.29, 0.717) is 17.4 Å². The third kappa shape index (κ3) is 2.19. The SMILES string of the molecule is CC(C)(C)[C@H]1CCS(=O)(=O)C1. The molecule has 0 N–H and O–H groups in total. The molecule has 0 amide bonds. The number of hydrogen-bond donors (Lipinski definition) is 0. The predicted octanol–water partition coefficient (Wildman–Crippen LogP) is 1.47. The van der Waals surface area contributed by atoms with Gasteiger partial charge in [-0.05, 0) is 17.8 Å². The van der Waals surface area contributed by atoms with Gasteiger partial charge in [0.2, 0.25) is 0 Å². The minimum Gasteiger partial charge on any atom is -0.229 e. The van der Waals surface area contributed by atoms with Crippen molar-refractivity contribution < 1.29 is 8.42 Å². The van der Waals surface area contributed by atoms with Crippen LogP contribution in [0.25, 0.3) is 0 Å². The fraction of sp³-hybridized carbons (Fsp3) is 1.00. The van der Waals surface area contributed by atoms with Crippen LogP contribution in [0.3, 0.4) is 0 Å². The molecule has 11 heavy (non-hydrogen) atoms. The Morgan fingerprint density at radius 2 is 1.82 bits per heavy atom. The predicted molar refractivity (Wildman–Crippen MR) is 46.2 cm³/mol. The van der Waals surface area contributed by atoms with Gasteiger partial charge < -0.3 is 0 Å². The van der Waals surface area contributed by atoms with Crippen molar-refractivity contribution in [1.82, 2.24) is 0 Å². The van der Waals surface area contributed by atoms with Crippen LogP contribution in [-0.2, 0) is 9.84 Å². The molecule has 1 saturated heterocycles. The molecule has 66 valence electrons. The molecule has 2 nitrogen and oxygen atoms in total. The Morgan fingerprint density at radius 3 is 2.00 bits per heavy atom. The van der Waals surface area contributed by atoms with Crippen molar-refractivity contribution in [2.45, 2.75) is 27.2 Å². The number of rotatable bonds is 0. The summed E-state index contributed by atoms with van der Waals surface area (Å²) in [6, 6.07) is 0. The lowest BCUT2D eigenvalue weighted by Gasteiger charge is -2.25. The monoisotopic (exact) mass is 176 g/mol. The van der Waals surface area contributed by atoms with Crippen LogP contribution >= 0.6 is 0 Å². The Morgan fingerprint density at radius 1 is 1.27 bits per heavy atom. The van der Waals surface area contributed by atoms with E-state index in [0.717, 1.165) is 6.42 Å². The smallest absolute Gasteiger partial charge is 0.150 e. The van der Waals surface area contributed by atoms with Crippen molar-refractivity contribution in [2.24, 2.45) is 11.3 Å². The zero-order chi connectivity index (χ0) is 8.70. The van der Waals surface area contributed by atoms with Crippen molar-refractivity contribution >= 4 is 9.84 Å². The van der Waals surface area contributed by atoms with E-state index in [-0.39, 0.29) is 5.41 Å². The maximum Gasteiger partial charge on any atom is 0.150 e. The van der Waals surface area contributed by atoms with E-state index in [4.69, 9.17) is 0 Å². The molecular formula is C8H16O2S. The topological polar surface area (TPSA) is 34.1 Å². The van der Waals surface area contributed by atoms with Crippen molar-refractivity contribution in [1.29, 1.82) is 0 Å². The second-order valence-corrected chi connectivity index (χ2v) is 6.69. The average molecular weight is 176 g/mol. The third-order valence-corrected chi connectivity index (χ3v) is 4.23. The first-order valence-corrected chi connectivity index (χ1v) is 5.84. The summed E-state index contributed by atoms with van der Waals surface area (Å²) in [5.41, 5.74) is 0.156. The fourth-order valence-electron chi connectivity index (χ4n) is 1.48. The van der Waals surface area contributed by atoms with Gasteiger partial charge in [-0.1, -0.05) is 20.8 Å². The van der Waals surface area contributed by atoms with E-state index in [2.05, 4.69) is 20.8 Å². The van der Waals surface area contributed by atoms with Gasteiger partial charge in [0, 0.05) is 0 Å². The fourth-order valence-corrected chi connectivity index (χ4v) is 3.57. The van der Waals surface area contributed by atoms with Crippen molar-refractivity contribution in [2.75, 3.05) is 11.5 Å². The summed E-state index contributed by atoms with van der Waals surface area (Å²) in [7, 11) is -2.68. The van der Waals surface area contributed by atoms with Gasteiger partial charge >= 0.3 is 0 Å². The van der Waals surface area contributed by atoms with Gasteiger partial charge in [-0.3, -0.25) is 0 Å². The summed E-state index contributed by atoms with van der Waals surface area (Å²) in [5.74, 6) is 1.17. The zero-order valence-electron chi connectivity index (χ0n) is 7.42. The van der Waals surface area contributed by atoms with Crippen molar-refractivity contribution in [3.8, 4) is 0 Å². The lowest BCUT2D eigenvalue weighted by Crippen LogP contribution is -2.21. The quantitative estimate of drug-likeness (QED) is 0.560. The van der Waals surface area contributed by atoms with Gasteiger partial charge in [-0.15, -0.1) is 0 Å². The maximum atomic E-state index is 11.1. The molecule has 0 bridgehead atoms. The number of sulfone groups is 1. The summed E-state index contributed by atoms with van der Waals surface area (Å²) in [6.45, 7) is 6.33. The zero-order valence-corrected chi connectivity index (χ0v) is 8.24. The number of hydrogen-bond acceptors (Lipinski definition) is 2. The van der Waals surface area contributed by atoms with Crippen LogP contribution < -0.4 is 0 Å². The van der Waals surface area contributed by atoms with Crippen LogP contribution in [0.5, 0.6) is 0 Å². The molecule has 0 radical (unpaired) electrons. The molecule has 1 aliphatic rings. The maximum absolute atomic E-state index is 11.1. The Balaban J connectivity index is 2.70. The Kier molecular flexibility index (Phi) is 2.03. The molecule has 0 aliphatic carbocycles. The largest absolute Gasteiger partial charge is 0.229 e. The van der Waals surface area contributed by atoms with E-state index in [9.17, 15) is 8.42 Å². The van der Waals surface area contributed by atoms with Crippen LogP contribution in [0.2, 0.25) is 0 Å². The summed E-state index contributed by atoms with van der Waals surface area (Å²) >= 11 is 0. The van der Waals surface area contributed by atoms with E-state index in [1.165, 1.54) is 0 Å². The molecule has 0 unspecified atom stereocenters. The van der Waals surface area contributed by atoms with E-state index >= 15 is 0 Å². The van der Waals surface area contributed by atoms with Crippen molar-refractivity contribution in [3.63, 3.8) is 0 Å². The molecule has 1 aliphatic heterocycles. The summed E-state index contributed by atoms with van der Waals surface area (Å²) in [4.78, 5) is 0. The molecular weight excluding hydrogens is 160 g/mol. The highest BCUT2D eigenvalue weighted by atomic mass is 32.2. The first kappa shape index (κ1) is 9.04. The van der Waals surface area contributed by atoms with Gasteiger partial charge in [0.15, 0.2) is 9.84 Å². The summed E-state index contributed by atoms with van der Waals surface area (Å²) in [5, 5.41) is 0. The highest BCUT2D eigenvalue weighted by Crippen LogP contribution is 2.34. The van der Waals surface area contributed by atoms with Crippen LogP contribution in [0, 0.1) is 11.3 Å². The van der Waals surface area contributed by atoms with E-state index in [1.807, 2.05) is 0 Å². The molecule has 0 aromatic heterocycles. The van der Waals surface area contributed by atoms with E-state index < -0.39 is 9.84 Å². The normalized spacial score (nSPS) is 30.6. The molecule has 1 atom stereocenters. The Hall–Kier alpha value is -0.0500. The average Bonchev–Trinajstić information content (AvgIpc) is 2.07. The molecule has 3 heteroatoms. The van der Waals surface area contributed by atoms with Crippen LogP contribution in [0.4, 0.5) is 0 Å². The summed E-state index contributed by atoms with van der Waals surface area (Å²) in [6.07, 6.45) is 0.853. The second-order valence-electron chi connectivity index (χ2n) is 4.47. The van der Waals surface area contributed by atoms with Gasteiger partial charge in [0.1, 0.15) is 0 Å². The molecule has 1 fully saturated rings. The van der Waals surface area contributed by atoms with E-state index in [1.54, 1.807) is 0 Å². The van der Waals surface area contributed by atoms with Gasteiger partial charge in [-0.2, -0.15) is 0 Å². The summed E-state index contributed by atoms with van der Waals surface area (Å²) < 4.78 is 22.2.